The van der Waals surface area contributed by atoms with Crippen LogP contribution in [-0.4, -0.2) is 45.2 Å². The molecule has 0 radical (unpaired) electrons. The summed E-state index contributed by atoms with van der Waals surface area (Å²) in [5.74, 6) is 0. The molecule has 0 spiro atoms. The maximum atomic E-state index is 5.79. The van der Waals surface area contributed by atoms with Crippen LogP contribution in [0.3, 0.4) is 0 Å². The second kappa shape index (κ2) is 7.32. The third-order valence-electron chi connectivity index (χ3n) is 5.43. The van der Waals surface area contributed by atoms with Gasteiger partial charge in [0, 0.05) is 54.8 Å². The van der Waals surface area contributed by atoms with Crippen LogP contribution >= 0.6 is 0 Å². The summed E-state index contributed by atoms with van der Waals surface area (Å²) in [6.45, 7) is 6.09. The van der Waals surface area contributed by atoms with Crippen molar-refractivity contribution in [3.05, 3.63) is 36.4 Å². The lowest BCUT2D eigenvalue weighted by molar-refractivity contribution is 0.143. The predicted octanol–water partition coefficient (Wildman–Crippen LogP) is 2.08. The van der Waals surface area contributed by atoms with E-state index in [2.05, 4.69) is 47.9 Å². The van der Waals surface area contributed by atoms with Crippen LogP contribution in [0, 0.1) is 0 Å². The van der Waals surface area contributed by atoms with Gasteiger partial charge in [-0.2, -0.15) is 0 Å². The van der Waals surface area contributed by atoms with Crippen LogP contribution in [0.5, 0.6) is 0 Å². The zero-order chi connectivity index (χ0) is 18.2. The highest BCUT2D eigenvalue weighted by Gasteiger charge is 2.27. The molecule has 5 nitrogen and oxygen atoms in total. The number of benzene rings is 2. The van der Waals surface area contributed by atoms with Crippen molar-refractivity contribution in [2.45, 2.75) is 26.3 Å². The lowest BCUT2D eigenvalue weighted by atomic mass is 9.77. The fourth-order valence-corrected chi connectivity index (χ4v) is 4.12. The summed E-state index contributed by atoms with van der Waals surface area (Å²) in [6.07, 6.45) is 1.92. The molecule has 27 heavy (non-hydrogen) atoms. The van der Waals surface area contributed by atoms with Crippen LogP contribution in [-0.2, 0) is 25.2 Å². The first-order valence-corrected chi connectivity index (χ1v) is 9.87. The van der Waals surface area contributed by atoms with Crippen molar-refractivity contribution in [3.63, 3.8) is 0 Å². The summed E-state index contributed by atoms with van der Waals surface area (Å²) in [5.41, 5.74) is 4.59. The van der Waals surface area contributed by atoms with E-state index in [0.29, 0.717) is 0 Å². The Labute approximate surface area is 159 Å². The smallest absolute Gasteiger partial charge is 0.407 e. The molecule has 0 saturated carbocycles. The lowest BCUT2D eigenvalue weighted by Gasteiger charge is -2.20. The topological polar surface area (TPSA) is 41.9 Å². The summed E-state index contributed by atoms with van der Waals surface area (Å²) in [7, 11) is -0.517. The molecule has 2 aliphatic rings. The minimum absolute atomic E-state index is 0.258. The Morgan fingerprint density at radius 2 is 1.19 bits per heavy atom. The molecule has 3 aromatic rings. The van der Waals surface area contributed by atoms with Crippen LogP contribution in [0.2, 0.25) is 0 Å². The van der Waals surface area contributed by atoms with Crippen molar-refractivity contribution in [1.29, 1.82) is 0 Å². The molecule has 0 atom stereocenters. The molecule has 2 aliphatic heterocycles. The fourth-order valence-electron chi connectivity index (χ4n) is 4.12. The van der Waals surface area contributed by atoms with E-state index in [1.807, 2.05) is 0 Å². The number of aromatic nitrogens is 1. The molecule has 3 heterocycles. The van der Waals surface area contributed by atoms with E-state index in [1.165, 1.54) is 21.8 Å². The molecule has 2 aromatic carbocycles. The zero-order valence-corrected chi connectivity index (χ0v) is 15.6. The molecule has 0 N–H and O–H groups in total. The molecule has 5 rings (SSSR count). The Morgan fingerprint density at radius 3 is 1.59 bits per heavy atom. The van der Waals surface area contributed by atoms with Crippen molar-refractivity contribution in [1.82, 2.24) is 4.57 Å². The molecule has 2 fully saturated rings. The molecule has 0 aliphatic carbocycles. The van der Waals surface area contributed by atoms with Crippen LogP contribution in [0.1, 0.15) is 19.8 Å². The van der Waals surface area contributed by atoms with Crippen molar-refractivity contribution in [2.75, 3.05) is 26.4 Å². The third kappa shape index (κ3) is 3.09. The van der Waals surface area contributed by atoms with Crippen molar-refractivity contribution in [2.24, 2.45) is 0 Å². The van der Waals surface area contributed by atoms with Crippen LogP contribution in [0.4, 0.5) is 0 Å². The highest BCUT2D eigenvalue weighted by Crippen LogP contribution is 2.28. The average Bonchev–Trinajstić information content (AvgIpc) is 3.07. The Hall–Kier alpha value is -1.79. The maximum Gasteiger partial charge on any atom is 0.493 e. The van der Waals surface area contributed by atoms with E-state index in [0.717, 1.165) is 56.7 Å². The Morgan fingerprint density at radius 1 is 0.741 bits per heavy atom. The summed E-state index contributed by atoms with van der Waals surface area (Å²) in [4.78, 5) is 0. The summed E-state index contributed by atoms with van der Waals surface area (Å²) < 4.78 is 25.5. The van der Waals surface area contributed by atoms with Crippen molar-refractivity contribution < 1.29 is 18.6 Å². The Bertz CT molecular complexity index is 886. The third-order valence-corrected chi connectivity index (χ3v) is 5.43. The summed E-state index contributed by atoms with van der Waals surface area (Å²) >= 11 is 0. The van der Waals surface area contributed by atoms with E-state index in [9.17, 15) is 0 Å². The summed E-state index contributed by atoms with van der Waals surface area (Å²) in [6, 6.07) is 13.0. The van der Waals surface area contributed by atoms with E-state index in [-0.39, 0.29) is 14.2 Å². The van der Waals surface area contributed by atoms with E-state index in [1.54, 1.807) is 0 Å². The van der Waals surface area contributed by atoms with Crippen LogP contribution < -0.4 is 10.9 Å². The van der Waals surface area contributed by atoms with Gasteiger partial charge in [-0.25, -0.2) is 0 Å². The fraction of sp³-hybridized carbons (Fsp3) is 0.400. The maximum absolute atomic E-state index is 5.79. The number of hydrogen-bond acceptors (Lipinski definition) is 4. The molecule has 0 bridgehead atoms. The average molecular weight is 363 g/mol. The molecule has 0 amide bonds. The number of aryl methyl sites for hydroxylation is 1. The highest BCUT2D eigenvalue weighted by atomic mass is 16.6. The zero-order valence-electron chi connectivity index (χ0n) is 15.6. The van der Waals surface area contributed by atoms with E-state index in [4.69, 9.17) is 18.6 Å². The van der Waals surface area contributed by atoms with Gasteiger partial charge >= 0.3 is 14.2 Å². The second-order valence-corrected chi connectivity index (χ2v) is 7.15. The molecule has 0 unspecified atom stereocenters. The van der Waals surface area contributed by atoms with Gasteiger partial charge < -0.3 is 23.2 Å². The largest absolute Gasteiger partial charge is 0.493 e. The van der Waals surface area contributed by atoms with Gasteiger partial charge in [0.05, 0.1) is 0 Å². The Kier molecular flexibility index (Phi) is 4.70. The number of nitrogens with zero attached hydrogens (tertiary/aromatic N) is 1. The van der Waals surface area contributed by atoms with Gasteiger partial charge in [0.25, 0.3) is 0 Å². The highest BCUT2D eigenvalue weighted by molar-refractivity contribution is 6.62. The van der Waals surface area contributed by atoms with Crippen molar-refractivity contribution >= 4 is 47.0 Å². The molecule has 7 heteroatoms. The minimum Gasteiger partial charge on any atom is -0.407 e. The van der Waals surface area contributed by atoms with Gasteiger partial charge in [-0.15, -0.1) is 0 Å². The first kappa shape index (κ1) is 17.3. The molecular weight excluding hydrogens is 340 g/mol. The summed E-state index contributed by atoms with van der Waals surface area (Å²) in [5, 5.41) is 2.51. The normalized spacial score (nSPS) is 18.6. The van der Waals surface area contributed by atoms with Crippen molar-refractivity contribution in [3.8, 4) is 0 Å². The SMILES string of the molecule is CCn1c2cc(B3OCCCO3)ccc2c2ccc(B3OCCCO3)cc21. The quantitative estimate of drug-likeness (QED) is 0.669. The lowest BCUT2D eigenvalue weighted by Crippen LogP contribution is -2.40. The number of hydrogen-bond donors (Lipinski definition) is 0. The number of fused-ring (bicyclic) bond motifs is 3. The second-order valence-electron chi connectivity index (χ2n) is 7.15. The standard InChI is InChI=1S/C20H23B2NO4/c1-2-23-19-13-15(21-24-9-3-10-25-21)5-7-17(19)18-8-6-16(14-20(18)23)22-26-11-4-12-27-22/h5-8,13-14H,2-4,9-12H2,1H3. The Balaban J connectivity index is 1.61. The first-order valence-electron chi connectivity index (χ1n) is 9.87. The predicted molar refractivity (Wildman–Crippen MR) is 109 cm³/mol. The van der Waals surface area contributed by atoms with Gasteiger partial charge in [-0.1, -0.05) is 24.3 Å². The molecule has 1 aromatic heterocycles. The minimum atomic E-state index is -0.258. The molecule has 2 saturated heterocycles. The monoisotopic (exact) mass is 363 g/mol. The van der Waals surface area contributed by atoms with Gasteiger partial charge in [0.2, 0.25) is 0 Å². The van der Waals surface area contributed by atoms with E-state index < -0.39 is 0 Å². The van der Waals surface area contributed by atoms with Crippen LogP contribution in [0.25, 0.3) is 21.8 Å². The van der Waals surface area contributed by atoms with Crippen LogP contribution in [0.15, 0.2) is 36.4 Å². The molecular formula is C20H23B2NO4. The molecule has 138 valence electrons. The van der Waals surface area contributed by atoms with Gasteiger partial charge in [-0.05, 0) is 42.8 Å². The first-order chi connectivity index (χ1) is 13.3. The van der Waals surface area contributed by atoms with Gasteiger partial charge in [-0.3, -0.25) is 0 Å². The number of rotatable bonds is 3. The van der Waals surface area contributed by atoms with Gasteiger partial charge in [0.1, 0.15) is 0 Å². The van der Waals surface area contributed by atoms with Gasteiger partial charge in [0.15, 0.2) is 0 Å². The van der Waals surface area contributed by atoms with E-state index >= 15 is 0 Å².